The first-order valence-corrected chi connectivity index (χ1v) is 10.0. The van der Waals surface area contributed by atoms with E-state index in [1.807, 2.05) is 20.8 Å². The van der Waals surface area contributed by atoms with Crippen LogP contribution in [-0.2, 0) is 19.1 Å². The minimum atomic E-state index is -0.158. The number of hydrogen-bond donors (Lipinski definition) is 0. The van der Waals surface area contributed by atoms with Crippen LogP contribution in [-0.4, -0.2) is 25.2 Å². The molecular weight excluding hydrogens is 316 g/mol. The molecule has 0 amide bonds. The molecule has 5 atom stereocenters. The quantitative estimate of drug-likeness (QED) is 0.635. The van der Waals surface area contributed by atoms with Crippen molar-refractivity contribution in [2.75, 3.05) is 13.2 Å². The van der Waals surface area contributed by atoms with Gasteiger partial charge < -0.3 is 9.47 Å². The van der Waals surface area contributed by atoms with Crippen molar-refractivity contribution in [3.8, 4) is 0 Å². The van der Waals surface area contributed by atoms with Gasteiger partial charge in [0.15, 0.2) is 0 Å². The standard InChI is InChI=1S/C21H36O4/c1-7-24-20(23)19-17(21(19,5)6)12-25-18(22)11-15-10-14(4)8-9-16(15)13(2)3/h13-17,19H,7-12H2,1-6H3. The molecule has 0 aromatic heterocycles. The van der Waals surface area contributed by atoms with Crippen molar-refractivity contribution in [3.63, 3.8) is 0 Å². The van der Waals surface area contributed by atoms with Crippen LogP contribution in [0.5, 0.6) is 0 Å². The molecule has 4 heteroatoms. The molecule has 0 heterocycles. The summed E-state index contributed by atoms with van der Waals surface area (Å²) in [6.07, 6.45) is 4.13. The third-order valence-electron chi connectivity index (χ3n) is 6.60. The van der Waals surface area contributed by atoms with Gasteiger partial charge in [0, 0.05) is 12.3 Å². The lowest BCUT2D eigenvalue weighted by molar-refractivity contribution is -0.149. The first-order valence-electron chi connectivity index (χ1n) is 10.0. The van der Waals surface area contributed by atoms with E-state index in [1.165, 1.54) is 12.8 Å². The number of rotatable bonds is 7. The largest absolute Gasteiger partial charge is 0.466 e. The summed E-state index contributed by atoms with van der Waals surface area (Å²) in [4.78, 5) is 24.4. The van der Waals surface area contributed by atoms with Gasteiger partial charge in [0.1, 0.15) is 0 Å². The zero-order valence-corrected chi connectivity index (χ0v) is 16.8. The van der Waals surface area contributed by atoms with Gasteiger partial charge in [0.05, 0.1) is 19.1 Å². The molecule has 0 aromatic carbocycles. The van der Waals surface area contributed by atoms with E-state index < -0.39 is 0 Å². The molecule has 2 aliphatic carbocycles. The Morgan fingerprint density at radius 3 is 2.44 bits per heavy atom. The molecule has 2 rings (SSSR count). The van der Waals surface area contributed by atoms with Crippen LogP contribution in [0.15, 0.2) is 0 Å². The van der Waals surface area contributed by atoms with Crippen LogP contribution < -0.4 is 0 Å². The average molecular weight is 353 g/mol. The van der Waals surface area contributed by atoms with Crippen molar-refractivity contribution >= 4 is 11.9 Å². The summed E-state index contributed by atoms with van der Waals surface area (Å²) in [5, 5.41) is 0. The number of ether oxygens (including phenoxy) is 2. The molecule has 0 spiro atoms. The van der Waals surface area contributed by atoms with Crippen LogP contribution in [0, 0.1) is 40.9 Å². The summed E-state index contributed by atoms with van der Waals surface area (Å²) in [6.45, 7) is 13.4. The van der Waals surface area contributed by atoms with Crippen molar-refractivity contribution in [2.45, 2.75) is 67.2 Å². The second-order valence-corrected chi connectivity index (χ2v) is 9.13. The molecular formula is C21H36O4. The molecule has 0 N–H and O–H groups in total. The maximum absolute atomic E-state index is 12.4. The van der Waals surface area contributed by atoms with Crippen LogP contribution in [0.4, 0.5) is 0 Å². The van der Waals surface area contributed by atoms with E-state index in [-0.39, 0.29) is 29.2 Å². The Morgan fingerprint density at radius 2 is 1.84 bits per heavy atom. The smallest absolute Gasteiger partial charge is 0.309 e. The number of esters is 2. The van der Waals surface area contributed by atoms with Gasteiger partial charge in [0.2, 0.25) is 0 Å². The molecule has 5 unspecified atom stereocenters. The van der Waals surface area contributed by atoms with Crippen molar-refractivity contribution in [1.29, 1.82) is 0 Å². The van der Waals surface area contributed by atoms with Crippen molar-refractivity contribution in [1.82, 2.24) is 0 Å². The van der Waals surface area contributed by atoms with E-state index in [1.54, 1.807) is 0 Å². The van der Waals surface area contributed by atoms with Gasteiger partial charge in [-0.3, -0.25) is 9.59 Å². The summed E-state index contributed by atoms with van der Waals surface area (Å²) < 4.78 is 10.7. The molecule has 0 radical (unpaired) electrons. The molecule has 0 aromatic rings. The van der Waals surface area contributed by atoms with Crippen molar-refractivity contribution in [2.24, 2.45) is 40.9 Å². The summed E-state index contributed by atoms with van der Waals surface area (Å²) in [5.74, 6) is 2.05. The SMILES string of the molecule is CCOC(=O)C1C(COC(=O)CC2CC(C)CCC2C(C)C)C1(C)C. The third-order valence-corrected chi connectivity index (χ3v) is 6.60. The fourth-order valence-corrected chi connectivity index (χ4v) is 4.85. The second-order valence-electron chi connectivity index (χ2n) is 9.13. The Hall–Kier alpha value is -1.06. The topological polar surface area (TPSA) is 52.6 Å². The first kappa shape index (κ1) is 20.3. The second kappa shape index (κ2) is 8.09. The molecule has 2 aliphatic rings. The lowest BCUT2D eigenvalue weighted by Crippen LogP contribution is -2.30. The summed E-state index contributed by atoms with van der Waals surface area (Å²) >= 11 is 0. The number of hydrogen-bond acceptors (Lipinski definition) is 4. The molecule has 2 fully saturated rings. The number of carbonyl (C=O) groups excluding carboxylic acids is 2. The highest BCUT2D eigenvalue weighted by atomic mass is 16.5. The van der Waals surface area contributed by atoms with Gasteiger partial charge >= 0.3 is 11.9 Å². The zero-order valence-electron chi connectivity index (χ0n) is 16.8. The van der Waals surface area contributed by atoms with E-state index in [9.17, 15) is 9.59 Å². The third kappa shape index (κ3) is 4.77. The lowest BCUT2D eigenvalue weighted by Gasteiger charge is -2.36. The van der Waals surface area contributed by atoms with E-state index >= 15 is 0 Å². The minimum absolute atomic E-state index is 0.0849. The molecule has 0 bridgehead atoms. The van der Waals surface area contributed by atoms with Crippen LogP contribution in [0.2, 0.25) is 0 Å². The fraction of sp³-hybridized carbons (Fsp3) is 0.905. The summed E-state index contributed by atoms with van der Waals surface area (Å²) in [6, 6.07) is 0. The van der Waals surface area contributed by atoms with Gasteiger partial charge in [-0.1, -0.05) is 41.0 Å². The highest BCUT2D eigenvalue weighted by Gasteiger charge is 2.63. The molecule has 4 nitrogen and oxygen atoms in total. The molecule has 2 saturated carbocycles. The lowest BCUT2D eigenvalue weighted by atomic mass is 9.69. The van der Waals surface area contributed by atoms with Gasteiger partial charge in [-0.2, -0.15) is 0 Å². The van der Waals surface area contributed by atoms with Gasteiger partial charge in [-0.25, -0.2) is 0 Å². The predicted octanol–water partition coefficient (Wildman–Crippen LogP) is 4.46. The van der Waals surface area contributed by atoms with E-state index in [0.29, 0.717) is 43.3 Å². The Labute approximate surface area is 153 Å². The van der Waals surface area contributed by atoms with Crippen LogP contribution >= 0.6 is 0 Å². The monoisotopic (exact) mass is 352 g/mol. The fourth-order valence-electron chi connectivity index (χ4n) is 4.85. The van der Waals surface area contributed by atoms with Crippen LogP contribution in [0.1, 0.15) is 67.2 Å². The maximum Gasteiger partial charge on any atom is 0.309 e. The molecule has 25 heavy (non-hydrogen) atoms. The normalized spacial score (nSPS) is 33.8. The van der Waals surface area contributed by atoms with E-state index in [0.717, 1.165) is 6.42 Å². The van der Waals surface area contributed by atoms with E-state index in [2.05, 4.69) is 20.8 Å². The zero-order chi connectivity index (χ0) is 18.8. The summed E-state index contributed by atoms with van der Waals surface area (Å²) in [7, 11) is 0. The van der Waals surface area contributed by atoms with Gasteiger partial charge in [0.25, 0.3) is 0 Å². The Kier molecular flexibility index (Phi) is 6.56. The van der Waals surface area contributed by atoms with Crippen LogP contribution in [0.25, 0.3) is 0 Å². The highest BCUT2D eigenvalue weighted by molar-refractivity contribution is 5.78. The van der Waals surface area contributed by atoms with Crippen molar-refractivity contribution in [3.05, 3.63) is 0 Å². The Balaban J connectivity index is 1.83. The van der Waals surface area contributed by atoms with E-state index in [4.69, 9.17) is 9.47 Å². The summed E-state index contributed by atoms with van der Waals surface area (Å²) in [5.41, 5.74) is -0.133. The Morgan fingerprint density at radius 1 is 1.16 bits per heavy atom. The first-order chi connectivity index (χ1) is 11.7. The molecule has 0 saturated heterocycles. The van der Waals surface area contributed by atoms with Gasteiger partial charge in [-0.05, 0) is 48.9 Å². The molecule has 0 aliphatic heterocycles. The maximum atomic E-state index is 12.4. The van der Waals surface area contributed by atoms with Crippen LogP contribution in [0.3, 0.4) is 0 Å². The highest BCUT2D eigenvalue weighted by Crippen LogP contribution is 2.58. The molecule has 144 valence electrons. The number of carbonyl (C=O) groups is 2. The average Bonchev–Trinajstić information content (AvgIpc) is 3.06. The van der Waals surface area contributed by atoms with Crippen molar-refractivity contribution < 1.29 is 19.1 Å². The minimum Gasteiger partial charge on any atom is -0.466 e. The Bertz CT molecular complexity index is 482. The van der Waals surface area contributed by atoms with Gasteiger partial charge in [-0.15, -0.1) is 0 Å². The predicted molar refractivity (Wildman–Crippen MR) is 97.8 cm³/mol.